The summed E-state index contributed by atoms with van der Waals surface area (Å²) < 4.78 is 18.1. The van der Waals surface area contributed by atoms with Crippen LogP contribution in [0.2, 0.25) is 6.04 Å². The molecule has 0 fully saturated rings. The highest BCUT2D eigenvalue weighted by molar-refractivity contribution is 6.60. The van der Waals surface area contributed by atoms with Crippen LogP contribution in [0.5, 0.6) is 0 Å². The minimum absolute atomic E-state index is 0.674. The molecule has 3 N–H and O–H groups in total. The number of hydrogen-bond acceptors (Lipinski definition) is 5. The van der Waals surface area contributed by atoms with E-state index in [0.29, 0.717) is 6.54 Å². The van der Waals surface area contributed by atoms with E-state index < -0.39 is 8.80 Å². The van der Waals surface area contributed by atoms with Crippen molar-refractivity contribution in [2.45, 2.75) is 52.5 Å². The molecule has 0 bridgehead atoms. The van der Waals surface area contributed by atoms with Gasteiger partial charge in [0, 0.05) is 39.0 Å². The number of hydrogen-bond donors (Lipinski definition) is 2. The summed E-state index contributed by atoms with van der Waals surface area (Å²) in [5.74, 6) is 0. The van der Waals surface area contributed by atoms with Crippen LogP contribution in [0.4, 0.5) is 0 Å². The molecule has 0 aromatic carbocycles. The number of rotatable bonds is 15. The highest BCUT2D eigenvalue weighted by Gasteiger charge is 2.40. The average molecular weight is 307 g/mol. The van der Waals surface area contributed by atoms with Crippen molar-refractivity contribution < 1.29 is 13.3 Å². The van der Waals surface area contributed by atoms with Crippen molar-refractivity contribution in [2.75, 3.05) is 39.5 Å². The van der Waals surface area contributed by atoms with E-state index in [1.54, 1.807) is 0 Å². The molecule has 0 spiro atoms. The van der Waals surface area contributed by atoms with Gasteiger partial charge in [0.05, 0.1) is 0 Å². The lowest BCUT2D eigenvalue weighted by molar-refractivity contribution is 0.0588. The van der Waals surface area contributed by atoms with Gasteiger partial charge in [-0.1, -0.05) is 20.8 Å². The molecule has 0 unspecified atom stereocenters. The Balaban J connectivity index is 4.34. The maximum atomic E-state index is 6.03. The molecule has 20 heavy (non-hydrogen) atoms. The van der Waals surface area contributed by atoms with Gasteiger partial charge in [-0.15, -0.1) is 0 Å². The number of nitrogens with one attached hydrogen (secondary N) is 1. The molecule has 0 aromatic rings. The Morgan fingerprint density at radius 2 is 1.35 bits per heavy atom. The van der Waals surface area contributed by atoms with Crippen LogP contribution < -0.4 is 11.1 Å². The Morgan fingerprint density at radius 1 is 0.850 bits per heavy atom. The molecule has 0 atom stereocenters. The zero-order valence-corrected chi connectivity index (χ0v) is 14.6. The molecule has 122 valence electrons. The summed E-state index contributed by atoms with van der Waals surface area (Å²) in [5.41, 5.74) is 5.47. The van der Waals surface area contributed by atoms with E-state index >= 15 is 0 Å². The fourth-order valence-corrected chi connectivity index (χ4v) is 4.61. The summed E-state index contributed by atoms with van der Waals surface area (Å²) in [6, 6.07) is 0.880. The van der Waals surface area contributed by atoms with Crippen molar-refractivity contribution in [1.29, 1.82) is 0 Å². The zero-order valence-electron chi connectivity index (χ0n) is 13.6. The minimum Gasteiger partial charge on any atom is -0.373 e. The Morgan fingerprint density at radius 3 is 1.75 bits per heavy atom. The van der Waals surface area contributed by atoms with Gasteiger partial charge in [0.2, 0.25) is 0 Å². The van der Waals surface area contributed by atoms with Gasteiger partial charge in [0.15, 0.2) is 0 Å². The van der Waals surface area contributed by atoms with E-state index in [4.69, 9.17) is 19.0 Å². The van der Waals surface area contributed by atoms with Gasteiger partial charge in [0.25, 0.3) is 0 Å². The van der Waals surface area contributed by atoms with Crippen LogP contribution in [0.25, 0.3) is 0 Å². The van der Waals surface area contributed by atoms with E-state index in [0.717, 1.165) is 64.6 Å². The van der Waals surface area contributed by atoms with Gasteiger partial charge in [-0.25, -0.2) is 0 Å². The molecule has 0 amide bonds. The summed E-state index contributed by atoms with van der Waals surface area (Å²) in [5, 5.41) is 3.31. The average Bonchev–Trinajstić information content (AvgIpc) is 2.48. The van der Waals surface area contributed by atoms with Crippen molar-refractivity contribution in [1.82, 2.24) is 5.32 Å². The lowest BCUT2D eigenvalue weighted by Crippen LogP contribution is -2.47. The second kappa shape index (κ2) is 14.0. The van der Waals surface area contributed by atoms with Gasteiger partial charge < -0.3 is 24.3 Å². The maximum absolute atomic E-state index is 6.03. The molecule has 0 heterocycles. The predicted octanol–water partition coefficient (Wildman–Crippen LogP) is 2.14. The SMILES string of the molecule is CCCO[Si](CCCNCCN)(OCCC)OCCC. The molecule has 0 rings (SSSR count). The number of nitrogens with two attached hydrogens (primary N) is 1. The second-order valence-electron chi connectivity index (χ2n) is 4.87. The molecule has 0 aliphatic carbocycles. The molecule has 0 radical (unpaired) electrons. The topological polar surface area (TPSA) is 65.7 Å². The standard InChI is InChI=1S/C14H34N2O3Si/c1-4-11-17-20(18-12-5-2,19-13-6-3)14-7-9-16-10-8-15/h16H,4-15H2,1-3H3. The van der Waals surface area contributed by atoms with E-state index in [9.17, 15) is 0 Å². The lowest BCUT2D eigenvalue weighted by atomic mass is 10.5. The molecule has 0 aliphatic heterocycles. The third-order valence-electron chi connectivity index (χ3n) is 2.74. The Kier molecular flexibility index (Phi) is 14.0. The van der Waals surface area contributed by atoms with Crippen LogP contribution in [0, 0.1) is 0 Å². The first kappa shape index (κ1) is 20.0. The zero-order chi connectivity index (χ0) is 15.1. The van der Waals surface area contributed by atoms with Crippen LogP contribution >= 0.6 is 0 Å². The Bertz CT molecular complexity index is 187. The van der Waals surface area contributed by atoms with Crippen molar-refractivity contribution in [3.63, 3.8) is 0 Å². The first-order chi connectivity index (χ1) is 9.74. The van der Waals surface area contributed by atoms with Gasteiger partial charge >= 0.3 is 8.80 Å². The summed E-state index contributed by atoms with van der Waals surface area (Å²) >= 11 is 0. The Labute approximate surface area is 125 Å². The molecular formula is C14H34N2O3Si. The van der Waals surface area contributed by atoms with E-state index in [1.807, 2.05) is 0 Å². The minimum atomic E-state index is -2.49. The van der Waals surface area contributed by atoms with Crippen LogP contribution in [0.1, 0.15) is 46.5 Å². The third kappa shape index (κ3) is 9.85. The van der Waals surface area contributed by atoms with E-state index in [-0.39, 0.29) is 0 Å². The molecule has 5 nitrogen and oxygen atoms in total. The first-order valence-corrected chi connectivity index (χ1v) is 10.0. The van der Waals surface area contributed by atoms with Gasteiger partial charge in [-0.05, 0) is 32.2 Å². The fourth-order valence-electron chi connectivity index (χ4n) is 1.77. The second-order valence-corrected chi connectivity index (χ2v) is 7.60. The molecule has 0 aliphatic rings. The smallest absolute Gasteiger partial charge is 0.373 e. The molecule has 6 heteroatoms. The maximum Gasteiger partial charge on any atom is 0.501 e. The van der Waals surface area contributed by atoms with Crippen LogP contribution in [-0.2, 0) is 13.3 Å². The van der Waals surface area contributed by atoms with Crippen molar-refractivity contribution in [2.24, 2.45) is 5.73 Å². The third-order valence-corrected chi connectivity index (χ3v) is 5.63. The largest absolute Gasteiger partial charge is 0.501 e. The Hall–Kier alpha value is 0.0169. The first-order valence-electron chi connectivity index (χ1n) is 8.07. The summed E-state index contributed by atoms with van der Waals surface area (Å²) in [6.45, 7) is 11.0. The summed E-state index contributed by atoms with van der Waals surface area (Å²) in [4.78, 5) is 0. The predicted molar refractivity (Wildman–Crippen MR) is 85.8 cm³/mol. The van der Waals surface area contributed by atoms with E-state index in [1.165, 1.54) is 0 Å². The molecule has 0 aromatic heterocycles. The van der Waals surface area contributed by atoms with Crippen molar-refractivity contribution >= 4 is 8.80 Å². The van der Waals surface area contributed by atoms with E-state index in [2.05, 4.69) is 26.1 Å². The van der Waals surface area contributed by atoms with Crippen LogP contribution in [-0.4, -0.2) is 48.3 Å². The highest BCUT2D eigenvalue weighted by atomic mass is 28.4. The molecule has 0 saturated carbocycles. The monoisotopic (exact) mass is 306 g/mol. The van der Waals surface area contributed by atoms with Crippen LogP contribution in [0.3, 0.4) is 0 Å². The summed E-state index contributed by atoms with van der Waals surface area (Å²) in [6.07, 6.45) is 3.98. The van der Waals surface area contributed by atoms with Crippen molar-refractivity contribution in [3.8, 4) is 0 Å². The molecular weight excluding hydrogens is 272 g/mol. The normalized spacial score (nSPS) is 12.0. The molecule has 0 saturated heterocycles. The van der Waals surface area contributed by atoms with Gasteiger partial charge in [-0.2, -0.15) is 0 Å². The summed E-state index contributed by atoms with van der Waals surface area (Å²) in [7, 11) is -2.49. The van der Waals surface area contributed by atoms with Crippen molar-refractivity contribution in [3.05, 3.63) is 0 Å². The quantitative estimate of drug-likeness (QED) is 0.358. The van der Waals surface area contributed by atoms with Gasteiger partial charge in [0.1, 0.15) is 0 Å². The van der Waals surface area contributed by atoms with Gasteiger partial charge in [-0.3, -0.25) is 0 Å². The highest BCUT2D eigenvalue weighted by Crippen LogP contribution is 2.19. The fraction of sp³-hybridized carbons (Fsp3) is 1.00. The van der Waals surface area contributed by atoms with Crippen LogP contribution in [0.15, 0.2) is 0 Å². The lowest BCUT2D eigenvalue weighted by Gasteiger charge is -2.29.